The zero-order chi connectivity index (χ0) is 14.0. The summed E-state index contributed by atoms with van der Waals surface area (Å²) in [7, 11) is 0. The number of hydrogen-bond acceptors (Lipinski definition) is 3. The molecule has 106 valence electrons. The van der Waals surface area contributed by atoms with Crippen molar-refractivity contribution in [3.8, 4) is 0 Å². The lowest BCUT2D eigenvalue weighted by molar-refractivity contribution is -0.131. The predicted octanol–water partition coefficient (Wildman–Crippen LogP) is 3.25. The van der Waals surface area contributed by atoms with Crippen LogP contribution in [0.1, 0.15) is 45.8 Å². The lowest BCUT2D eigenvalue weighted by Gasteiger charge is -2.26. The third-order valence-corrected chi connectivity index (χ3v) is 4.63. The van der Waals surface area contributed by atoms with Gasteiger partial charge in [-0.3, -0.25) is 10.1 Å². The molecule has 1 aromatic heterocycles. The van der Waals surface area contributed by atoms with Crippen LogP contribution in [0.3, 0.4) is 0 Å². The highest BCUT2D eigenvalue weighted by Crippen LogP contribution is 2.30. The molecule has 1 aliphatic rings. The van der Waals surface area contributed by atoms with Gasteiger partial charge in [-0.25, -0.2) is 0 Å². The fraction of sp³-hybridized carbons (Fsp3) is 0.667. The molecule has 0 radical (unpaired) electrons. The number of nitrogens with one attached hydrogen (secondary N) is 1. The van der Waals surface area contributed by atoms with Crippen LogP contribution >= 0.6 is 11.3 Å². The van der Waals surface area contributed by atoms with Crippen LogP contribution in [0.5, 0.6) is 0 Å². The number of thiophene rings is 1. The molecular weight excluding hydrogens is 256 g/mol. The van der Waals surface area contributed by atoms with Crippen molar-refractivity contribution >= 4 is 17.2 Å². The monoisotopic (exact) mass is 280 g/mol. The van der Waals surface area contributed by atoms with E-state index in [9.17, 15) is 4.79 Å². The van der Waals surface area contributed by atoms with Crippen LogP contribution < -0.4 is 5.32 Å². The first kappa shape index (κ1) is 14.5. The molecule has 2 heterocycles. The van der Waals surface area contributed by atoms with Crippen LogP contribution in [0.2, 0.25) is 0 Å². The number of carbonyl (C=O) groups is 1. The Morgan fingerprint density at radius 1 is 1.42 bits per heavy atom. The van der Waals surface area contributed by atoms with Crippen LogP contribution in [-0.4, -0.2) is 23.4 Å². The van der Waals surface area contributed by atoms with Gasteiger partial charge in [0.1, 0.15) is 6.17 Å². The van der Waals surface area contributed by atoms with E-state index in [0.717, 1.165) is 13.0 Å². The Kier molecular flexibility index (Phi) is 4.63. The van der Waals surface area contributed by atoms with E-state index in [0.29, 0.717) is 11.8 Å². The van der Waals surface area contributed by atoms with Crippen LogP contribution in [0, 0.1) is 11.8 Å². The first-order valence-corrected chi connectivity index (χ1v) is 8.07. The molecule has 3 atom stereocenters. The molecule has 0 saturated carbocycles. The molecule has 1 fully saturated rings. The first-order chi connectivity index (χ1) is 9.04. The second-order valence-electron chi connectivity index (χ2n) is 5.85. The lowest BCUT2D eigenvalue weighted by Crippen LogP contribution is -2.36. The smallest absolute Gasteiger partial charge is 0.241 e. The zero-order valence-electron chi connectivity index (χ0n) is 12.2. The maximum absolute atomic E-state index is 12.6. The minimum Gasteiger partial charge on any atom is -0.321 e. The van der Waals surface area contributed by atoms with Gasteiger partial charge >= 0.3 is 0 Å². The van der Waals surface area contributed by atoms with Gasteiger partial charge in [0.25, 0.3) is 0 Å². The molecule has 3 unspecified atom stereocenters. The fourth-order valence-electron chi connectivity index (χ4n) is 2.48. The second kappa shape index (κ2) is 6.06. The molecule has 1 aromatic rings. The van der Waals surface area contributed by atoms with Gasteiger partial charge in [-0.1, -0.05) is 34.1 Å². The van der Waals surface area contributed by atoms with E-state index < -0.39 is 0 Å². The van der Waals surface area contributed by atoms with Crippen LogP contribution in [0.4, 0.5) is 0 Å². The molecule has 1 aliphatic heterocycles. The molecule has 19 heavy (non-hydrogen) atoms. The van der Waals surface area contributed by atoms with E-state index in [1.807, 2.05) is 4.90 Å². The number of carbonyl (C=O) groups excluding carboxylic acids is 1. The summed E-state index contributed by atoms with van der Waals surface area (Å²) < 4.78 is 0. The maximum Gasteiger partial charge on any atom is 0.241 e. The van der Waals surface area contributed by atoms with Crippen LogP contribution in [0.15, 0.2) is 16.8 Å². The summed E-state index contributed by atoms with van der Waals surface area (Å²) in [5.74, 6) is 1.12. The Hall–Kier alpha value is -0.870. The summed E-state index contributed by atoms with van der Waals surface area (Å²) in [6, 6.07) is 2.07. The van der Waals surface area contributed by atoms with Crippen LogP contribution in [-0.2, 0) is 4.79 Å². The first-order valence-electron chi connectivity index (χ1n) is 7.13. The van der Waals surface area contributed by atoms with Gasteiger partial charge in [-0.2, -0.15) is 11.3 Å². The molecular formula is C15H24N2OS. The summed E-state index contributed by atoms with van der Waals surface area (Å²) in [5.41, 5.74) is 1.21. The van der Waals surface area contributed by atoms with E-state index in [1.54, 1.807) is 11.3 Å². The Morgan fingerprint density at radius 2 is 2.16 bits per heavy atom. The largest absolute Gasteiger partial charge is 0.321 e. The zero-order valence-corrected chi connectivity index (χ0v) is 13.0. The summed E-state index contributed by atoms with van der Waals surface area (Å²) >= 11 is 1.69. The summed E-state index contributed by atoms with van der Waals surface area (Å²) in [6.45, 7) is 9.44. The molecule has 1 N–H and O–H groups in total. The summed E-state index contributed by atoms with van der Waals surface area (Å²) in [4.78, 5) is 14.6. The summed E-state index contributed by atoms with van der Waals surface area (Å²) in [5, 5.41) is 7.72. The highest BCUT2D eigenvalue weighted by atomic mass is 32.1. The number of nitrogens with zero attached hydrogens (tertiary/aromatic N) is 1. The fourth-order valence-corrected chi connectivity index (χ4v) is 3.16. The van der Waals surface area contributed by atoms with E-state index in [2.05, 4.69) is 49.8 Å². The molecule has 0 spiro atoms. The highest BCUT2D eigenvalue weighted by molar-refractivity contribution is 7.07. The number of hydrogen-bond donors (Lipinski definition) is 1. The van der Waals surface area contributed by atoms with Crippen LogP contribution in [0.25, 0.3) is 0 Å². The second-order valence-corrected chi connectivity index (χ2v) is 6.63. The molecule has 0 aromatic carbocycles. The van der Waals surface area contributed by atoms with Gasteiger partial charge in [-0.15, -0.1) is 0 Å². The minimum atomic E-state index is -0.0473. The Morgan fingerprint density at radius 3 is 2.68 bits per heavy atom. The van der Waals surface area contributed by atoms with Gasteiger partial charge in [-0.05, 0) is 34.2 Å². The molecule has 0 bridgehead atoms. The quantitative estimate of drug-likeness (QED) is 0.898. The average molecular weight is 280 g/mol. The normalized spacial score (nSPS) is 25.3. The number of rotatable bonds is 5. The maximum atomic E-state index is 12.6. The topological polar surface area (TPSA) is 32.3 Å². The molecule has 0 aliphatic carbocycles. The SMILES string of the molecule is CCC(C)CN1C(=O)C(C(C)C)NC1c1ccsc1. The molecule has 1 saturated heterocycles. The molecule has 1 amide bonds. The van der Waals surface area contributed by atoms with Crippen molar-refractivity contribution in [1.82, 2.24) is 10.2 Å². The van der Waals surface area contributed by atoms with Crippen molar-refractivity contribution in [2.75, 3.05) is 6.54 Å². The van der Waals surface area contributed by atoms with E-state index in [-0.39, 0.29) is 18.1 Å². The highest BCUT2D eigenvalue weighted by Gasteiger charge is 2.41. The Bertz CT molecular complexity index is 416. The van der Waals surface area contributed by atoms with Crippen molar-refractivity contribution in [2.24, 2.45) is 11.8 Å². The minimum absolute atomic E-state index is 0.0473. The lowest BCUT2D eigenvalue weighted by atomic mass is 10.0. The summed E-state index contributed by atoms with van der Waals surface area (Å²) in [6.07, 6.45) is 1.16. The van der Waals surface area contributed by atoms with Crippen molar-refractivity contribution in [1.29, 1.82) is 0 Å². The molecule has 4 heteroatoms. The van der Waals surface area contributed by atoms with Gasteiger partial charge in [0.2, 0.25) is 5.91 Å². The standard InChI is InChI=1S/C15H24N2OS/c1-5-11(4)8-17-14(12-6-7-19-9-12)16-13(10(2)3)15(17)18/h6-7,9-11,13-14,16H,5,8H2,1-4H3. The molecule has 3 nitrogen and oxygen atoms in total. The predicted molar refractivity (Wildman–Crippen MR) is 80.0 cm³/mol. The third-order valence-electron chi connectivity index (χ3n) is 3.93. The molecule has 2 rings (SSSR count). The Labute approximate surface area is 120 Å². The van der Waals surface area contributed by atoms with Crippen molar-refractivity contribution in [3.05, 3.63) is 22.4 Å². The van der Waals surface area contributed by atoms with Gasteiger partial charge in [0.15, 0.2) is 0 Å². The average Bonchev–Trinajstić information content (AvgIpc) is 2.98. The Balaban J connectivity index is 2.21. The third kappa shape index (κ3) is 3.00. The van der Waals surface area contributed by atoms with E-state index >= 15 is 0 Å². The van der Waals surface area contributed by atoms with Gasteiger partial charge < -0.3 is 4.90 Å². The van der Waals surface area contributed by atoms with Gasteiger partial charge in [0.05, 0.1) is 6.04 Å². The van der Waals surface area contributed by atoms with Crippen molar-refractivity contribution in [2.45, 2.75) is 46.3 Å². The van der Waals surface area contributed by atoms with Gasteiger partial charge in [0, 0.05) is 6.54 Å². The van der Waals surface area contributed by atoms with Crippen molar-refractivity contribution < 1.29 is 4.79 Å². The van der Waals surface area contributed by atoms with E-state index in [4.69, 9.17) is 0 Å². The van der Waals surface area contributed by atoms with Crippen molar-refractivity contribution in [3.63, 3.8) is 0 Å². The van der Waals surface area contributed by atoms with E-state index in [1.165, 1.54) is 5.56 Å². The number of amides is 1.